The third-order valence-corrected chi connectivity index (χ3v) is 3.55. The molecule has 2 unspecified atom stereocenters. The van der Waals surface area contributed by atoms with Crippen LogP contribution in [0.4, 0.5) is 5.69 Å². The molecular weight excluding hydrogens is 226 g/mol. The highest BCUT2D eigenvalue weighted by molar-refractivity contribution is 5.56. The second kappa shape index (κ2) is 4.71. The van der Waals surface area contributed by atoms with Gasteiger partial charge in [0.25, 0.3) is 0 Å². The molecule has 2 atom stereocenters. The summed E-state index contributed by atoms with van der Waals surface area (Å²) >= 11 is 0. The molecule has 1 N–H and O–H groups in total. The first-order valence-electron chi connectivity index (χ1n) is 6.70. The van der Waals surface area contributed by atoms with Gasteiger partial charge in [-0.05, 0) is 25.0 Å². The van der Waals surface area contributed by atoms with Crippen molar-refractivity contribution < 1.29 is 9.47 Å². The number of hydrogen-bond donors (Lipinski definition) is 1. The van der Waals surface area contributed by atoms with Crippen LogP contribution in [0.15, 0.2) is 18.2 Å². The van der Waals surface area contributed by atoms with Crippen LogP contribution >= 0.6 is 0 Å². The molecule has 1 aromatic carbocycles. The Balaban J connectivity index is 2.09. The lowest BCUT2D eigenvalue weighted by molar-refractivity contribution is -0.0431. The number of benzene rings is 1. The summed E-state index contributed by atoms with van der Waals surface area (Å²) in [4.78, 5) is 0. The first-order valence-corrected chi connectivity index (χ1v) is 6.70. The van der Waals surface area contributed by atoms with Gasteiger partial charge in [-0.3, -0.25) is 0 Å². The molecule has 0 aliphatic carbocycles. The van der Waals surface area contributed by atoms with Crippen LogP contribution in [0.25, 0.3) is 0 Å². The summed E-state index contributed by atoms with van der Waals surface area (Å²) in [7, 11) is 0. The quantitative estimate of drug-likeness (QED) is 0.873. The zero-order valence-electron chi connectivity index (χ0n) is 11.9. The van der Waals surface area contributed by atoms with E-state index in [1.165, 1.54) is 6.42 Å². The van der Waals surface area contributed by atoms with Crippen molar-refractivity contribution in [2.24, 2.45) is 5.92 Å². The maximum atomic E-state index is 5.74. The Morgan fingerprint density at radius 3 is 2.50 bits per heavy atom. The normalized spacial score (nSPS) is 19.4. The van der Waals surface area contributed by atoms with Gasteiger partial charge < -0.3 is 14.8 Å². The fraction of sp³-hybridized carbons (Fsp3) is 0.600. The maximum Gasteiger partial charge on any atom is 0.246 e. The van der Waals surface area contributed by atoms with Crippen molar-refractivity contribution >= 4 is 5.69 Å². The Morgan fingerprint density at radius 1 is 1.17 bits per heavy atom. The van der Waals surface area contributed by atoms with Gasteiger partial charge in [-0.2, -0.15) is 0 Å². The van der Waals surface area contributed by atoms with Crippen LogP contribution in [0.3, 0.4) is 0 Å². The summed E-state index contributed by atoms with van der Waals surface area (Å²) in [6.45, 7) is 10.5. The Morgan fingerprint density at radius 2 is 1.83 bits per heavy atom. The van der Waals surface area contributed by atoms with Crippen LogP contribution in [-0.4, -0.2) is 11.8 Å². The second-order valence-corrected chi connectivity index (χ2v) is 5.58. The maximum absolute atomic E-state index is 5.74. The lowest BCUT2D eigenvalue weighted by Gasteiger charge is -2.21. The van der Waals surface area contributed by atoms with Crippen molar-refractivity contribution in [3.8, 4) is 11.5 Å². The predicted molar refractivity (Wildman–Crippen MR) is 74.3 cm³/mol. The zero-order valence-corrected chi connectivity index (χ0v) is 11.9. The van der Waals surface area contributed by atoms with Crippen LogP contribution < -0.4 is 14.8 Å². The van der Waals surface area contributed by atoms with Gasteiger partial charge in [0.1, 0.15) is 0 Å². The van der Waals surface area contributed by atoms with Gasteiger partial charge in [0.15, 0.2) is 11.5 Å². The smallest absolute Gasteiger partial charge is 0.246 e. The lowest BCUT2D eigenvalue weighted by Crippen LogP contribution is -2.29. The number of ether oxygens (including phenoxy) is 2. The lowest BCUT2D eigenvalue weighted by atomic mass is 10.0. The molecule has 0 fully saturated rings. The summed E-state index contributed by atoms with van der Waals surface area (Å²) in [5.74, 6) is 1.73. The monoisotopic (exact) mass is 249 g/mol. The van der Waals surface area contributed by atoms with E-state index in [4.69, 9.17) is 9.47 Å². The molecule has 1 aliphatic heterocycles. The average molecular weight is 249 g/mol. The summed E-state index contributed by atoms with van der Waals surface area (Å²) in [6.07, 6.45) is 1.17. The first-order chi connectivity index (χ1) is 8.41. The second-order valence-electron chi connectivity index (χ2n) is 5.58. The molecule has 0 spiro atoms. The third kappa shape index (κ3) is 2.71. The van der Waals surface area contributed by atoms with Gasteiger partial charge in [0, 0.05) is 31.6 Å². The van der Waals surface area contributed by atoms with Gasteiger partial charge in [-0.1, -0.05) is 20.3 Å². The molecule has 3 heteroatoms. The van der Waals surface area contributed by atoms with Crippen molar-refractivity contribution in [3.63, 3.8) is 0 Å². The largest absolute Gasteiger partial charge is 0.449 e. The molecule has 0 saturated carbocycles. The molecule has 2 rings (SSSR count). The van der Waals surface area contributed by atoms with Gasteiger partial charge in [-0.25, -0.2) is 0 Å². The Hall–Kier alpha value is -1.38. The minimum Gasteiger partial charge on any atom is -0.449 e. The Kier molecular flexibility index (Phi) is 3.42. The van der Waals surface area contributed by atoms with E-state index in [1.807, 2.05) is 32.0 Å². The number of anilines is 1. The Bertz CT molecular complexity index is 429. The van der Waals surface area contributed by atoms with Crippen molar-refractivity contribution in [2.75, 3.05) is 5.32 Å². The van der Waals surface area contributed by atoms with Crippen LogP contribution in [0.5, 0.6) is 11.5 Å². The summed E-state index contributed by atoms with van der Waals surface area (Å²) in [6, 6.07) is 6.48. The van der Waals surface area contributed by atoms with Gasteiger partial charge in [0.05, 0.1) is 0 Å². The molecule has 100 valence electrons. The molecular formula is C15H23NO2. The number of hydrogen-bond acceptors (Lipinski definition) is 3. The van der Waals surface area contributed by atoms with Gasteiger partial charge in [0.2, 0.25) is 5.79 Å². The zero-order chi connectivity index (χ0) is 13.3. The number of rotatable bonds is 4. The van der Waals surface area contributed by atoms with Crippen molar-refractivity contribution in [1.29, 1.82) is 0 Å². The van der Waals surface area contributed by atoms with Crippen LogP contribution in [0, 0.1) is 5.92 Å². The van der Waals surface area contributed by atoms with E-state index in [-0.39, 0.29) is 0 Å². The molecule has 18 heavy (non-hydrogen) atoms. The summed E-state index contributed by atoms with van der Waals surface area (Å²) in [5, 5.41) is 3.51. The predicted octanol–water partition coefficient (Wildman–Crippen LogP) is 4.04. The highest BCUT2D eigenvalue weighted by Gasteiger charge is 2.31. The van der Waals surface area contributed by atoms with Crippen LogP contribution in [0.1, 0.15) is 41.0 Å². The first kappa shape index (κ1) is 13.1. The van der Waals surface area contributed by atoms with Crippen LogP contribution in [0.2, 0.25) is 0 Å². The van der Waals surface area contributed by atoms with E-state index >= 15 is 0 Å². The van der Waals surface area contributed by atoms with E-state index < -0.39 is 5.79 Å². The van der Waals surface area contributed by atoms with E-state index in [9.17, 15) is 0 Å². The number of nitrogens with one attached hydrogen (secondary N) is 1. The van der Waals surface area contributed by atoms with E-state index in [1.54, 1.807) is 0 Å². The minimum absolute atomic E-state index is 0.448. The molecule has 0 saturated heterocycles. The Labute approximate surface area is 109 Å². The fourth-order valence-corrected chi connectivity index (χ4v) is 2.07. The van der Waals surface area contributed by atoms with Crippen molar-refractivity contribution in [1.82, 2.24) is 0 Å². The summed E-state index contributed by atoms with van der Waals surface area (Å²) in [5.41, 5.74) is 1.09. The van der Waals surface area contributed by atoms with E-state index in [0.29, 0.717) is 12.0 Å². The molecule has 0 bridgehead atoms. The highest BCUT2D eigenvalue weighted by Crippen LogP contribution is 2.40. The molecule has 3 nitrogen and oxygen atoms in total. The van der Waals surface area contributed by atoms with Gasteiger partial charge in [-0.15, -0.1) is 0 Å². The van der Waals surface area contributed by atoms with Crippen molar-refractivity contribution in [2.45, 2.75) is 52.9 Å². The third-order valence-electron chi connectivity index (χ3n) is 3.55. The molecule has 1 aromatic rings. The average Bonchev–Trinajstić information content (AvgIpc) is 2.61. The summed E-state index contributed by atoms with van der Waals surface area (Å²) < 4.78 is 11.4. The molecule has 0 aromatic heterocycles. The molecule has 0 amide bonds. The molecule has 0 radical (unpaired) electrons. The van der Waals surface area contributed by atoms with Crippen LogP contribution in [-0.2, 0) is 0 Å². The molecule has 1 aliphatic rings. The fourth-order valence-electron chi connectivity index (χ4n) is 2.07. The SMILES string of the molecule is CCC(C)C(C)Nc1ccc2c(c1)OC(C)(C)O2. The topological polar surface area (TPSA) is 30.5 Å². The van der Waals surface area contributed by atoms with Crippen molar-refractivity contribution in [3.05, 3.63) is 18.2 Å². The standard InChI is InChI=1S/C15H23NO2/c1-6-10(2)11(3)16-12-7-8-13-14(9-12)18-15(4,5)17-13/h7-11,16H,6H2,1-5H3. The molecule has 1 heterocycles. The highest BCUT2D eigenvalue weighted by atomic mass is 16.7. The van der Waals surface area contributed by atoms with Gasteiger partial charge >= 0.3 is 0 Å². The number of fused-ring (bicyclic) bond motifs is 1. The minimum atomic E-state index is -0.552. The van der Waals surface area contributed by atoms with E-state index in [2.05, 4.69) is 26.1 Å². The van der Waals surface area contributed by atoms with E-state index in [0.717, 1.165) is 17.2 Å².